The van der Waals surface area contributed by atoms with E-state index in [1.807, 2.05) is 0 Å². The molecule has 0 spiro atoms. The summed E-state index contributed by atoms with van der Waals surface area (Å²) < 4.78 is 0. The molecule has 0 aliphatic rings. The number of aliphatic carboxylic acids is 1. The number of thiol groups is 1. The summed E-state index contributed by atoms with van der Waals surface area (Å²) in [4.78, 5) is 14.5. The number of pyridine rings is 1. The Morgan fingerprint density at radius 3 is 3.00 bits per heavy atom. The Hall–Kier alpha value is -1.23. The number of anilines is 1. The molecule has 1 rings (SSSR count). The van der Waals surface area contributed by atoms with Gasteiger partial charge < -0.3 is 10.4 Å². The number of carboxylic acids is 1. The van der Waals surface area contributed by atoms with Crippen LogP contribution in [0, 0.1) is 0 Å². The maximum Gasteiger partial charge on any atom is 0.326 e. The number of nitrogens with zero attached hydrogens (tertiary/aromatic N) is 1. The van der Waals surface area contributed by atoms with Gasteiger partial charge in [-0.15, -0.1) is 0 Å². The standard InChI is InChI=1S/C8H10N2O2S/c11-8(12)7(5-13)10-6-2-1-3-9-4-6/h1-4,7,10,13H,5H2,(H,11,12)/t7-/m0/s1. The summed E-state index contributed by atoms with van der Waals surface area (Å²) in [6, 6.07) is 2.82. The Bertz CT molecular complexity index is 279. The molecule has 70 valence electrons. The Balaban J connectivity index is 2.62. The zero-order chi connectivity index (χ0) is 9.68. The number of hydrogen-bond acceptors (Lipinski definition) is 4. The molecule has 0 radical (unpaired) electrons. The number of nitrogens with one attached hydrogen (secondary N) is 1. The molecule has 5 heteroatoms. The summed E-state index contributed by atoms with van der Waals surface area (Å²) in [6.45, 7) is 0. The molecular weight excluding hydrogens is 188 g/mol. The Labute approximate surface area is 81.4 Å². The van der Waals surface area contributed by atoms with E-state index < -0.39 is 12.0 Å². The summed E-state index contributed by atoms with van der Waals surface area (Å²) >= 11 is 3.92. The maximum atomic E-state index is 10.6. The van der Waals surface area contributed by atoms with Crippen molar-refractivity contribution in [2.24, 2.45) is 0 Å². The summed E-state index contributed by atoms with van der Waals surface area (Å²) in [6.07, 6.45) is 3.20. The lowest BCUT2D eigenvalue weighted by Crippen LogP contribution is -2.30. The lowest BCUT2D eigenvalue weighted by Gasteiger charge is -2.12. The van der Waals surface area contributed by atoms with Gasteiger partial charge in [0.2, 0.25) is 0 Å². The molecule has 0 saturated heterocycles. The minimum atomic E-state index is -0.918. The molecule has 0 unspecified atom stereocenters. The van der Waals surface area contributed by atoms with E-state index >= 15 is 0 Å². The predicted molar refractivity (Wildman–Crippen MR) is 53.1 cm³/mol. The quantitative estimate of drug-likeness (QED) is 0.628. The van der Waals surface area contributed by atoms with Crippen LogP contribution in [0.4, 0.5) is 5.69 Å². The molecule has 1 atom stereocenters. The van der Waals surface area contributed by atoms with Crippen LogP contribution >= 0.6 is 12.6 Å². The molecule has 2 N–H and O–H groups in total. The minimum Gasteiger partial charge on any atom is -0.480 e. The fourth-order valence-corrected chi connectivity index (χ4v) is 1.08. The highest BCUT2D eigenvalue weighted by atomic mass is 32.1. The van der Waals surface area contributed by atoms with Gasteiger partial charge in [-0.3, -0.25) is 4.98 Å². The second kappa shape index (κ2) is 4.71. The van der Waals surface area contributed by atoms with Crippen molar-refractivity contribution in [2.45, 2.75) is 6.04 Å². The molecule has 4 nitrogen and oxygen atoms in total. The van der Waals surface area contributed by atoms with Crippen LogP contribution in [0.1, 0.15) is 0 Å². The van der Waals surface area contributed by atoms with Gasteiger partial charge in [-0.25, -0.2) is 4.79 Å². The third kappa shape index (κ3) is 2.95. The van der Waals surface area contributed by atoms with Gasteiger partial charge in [0.15, 0.2) is 0 Å². The van der Waals surface area contributed by atoms with Gasteiger partial charge in [0.25, 0.3) is 0 Å². The maximum absolute atomic E-state index is 10.6. The normalized spacial score (nSPS) is 12.1. The van der Waals surface area contributed by atoms with Gasteiger partial charge >= 0.3 is 5.97 Å². The largest absolute Gasteiger partial charge is 0.480 e. The number of hydrogen-bond donors (Lipinski definition) is 3. The van der Waals surface area contributed by atoms with Crippen LogP contribution in [0.15, 0.2) is 24.5 Å². The van der Waals surface area contributed by atoms with E-state index in [1.54, 1.807) is 24.5 Å². The number of aromatic nitrogens is 1. The molecule has 1 heterocycles. The van der Waals surface area contributed by atoms with Crippen molar-refractivity contribution in [2.75, 3.05) is 11.1 Å². The monoisotopic (exact) mass is 198 g/mol. The van der Waals surface area contributed by atoms with E-state index in [2.05, 4.69) is 22.9 Å². The van der Waals surface area contributed by atoms with E-state index in [0.29, 0.717) is 5.69 Å². The van der Waals surface area contributed by atoms with Crippen molar-refractivity contribution in [1.82, 2.24) is 4.98 Å². The zero-order valence-electron chi connectivity index (χ0n) is 6.84. The van der Waals surface area contributed by atoms with Gasteiger partial charge in [0.1, 0.15) is 6.04 Å². The van der Waals surface area contributed by atoms with Crippen molar-refractivity contribution < 1.29 is 9.90 Å². The van der Waals surface area contributed by atoms with Crippen molar-refractivity contribution in [3.8, 4) is 0 Å². The van der Waals surface area contributed by atoms with E-state index in [-0.39, 0.29) is 5.75 Å². The summed E-state index contributed by atoms with van der Waals surface area (Å²) in [5, 5.41) is 11.5. The lowest BCUT2D eigenvalue weighted by molar-refractivity contribution is -0.137. The van der Waals surface area contributed by atoms with Crippen LogP contribution in [-0.4, -0.2) is 27.9 Å². The Morgan fingerprint density at radius 1 is 1.77 bits per heavy atom. The average Bonchev–Trinajstić information content (AvgIpc) is 2.15. The zero-order valence-corrected chi connectivity index (χ0v) is 7.74. The van der Waals surface area contributed by atoms with Crippen molar-refractivity contribution in [3.63, 3.8) is 0 Å². The van der Waals surface area contributed by atoms with Crippen molar-refractivity contribution >= 4 is 24.3 Å². The topological polar surface area (TPSA) is 62.2 Å². The first kappa shape index (κ1) is 9.85. The second-order valence-electron chi connectivity index (χ2n) is 2.46. The summed E-state index contributed by atoms with van der Waals surface area (Å²) in [5.41, 5.74) is 0.684. The van der Waals surface area contributed by atoms with Crippen LogP contribution in [0.25, 0.3) is 0 Å². The minimum absolute atomic E-state index is 0.240. The molecule has 13 heavy (non-hydrogen) atoms. The number of carbonyl (C=O) groups is 1. The second-order valence-corrected chi connectivity index (χ2v) is 2.82. The lowest BCUT2D eigenvalue weighted by atomic mass is 10.3. The number of carboxylic acid groups (broad SMARTS) is 1. The first-order valence-electron chi connectivity index (χ1n) is 3.74. The van der Waals surface area contributed by atoms with Gasteiger partial charge in [-0.05, 0) is 12.1 Å². The third-order valence-electron chi connectivity index (χ3n) is 1.48. The van der Waals surface area contributed by atoms with Crippen LogP contribution in [0.5, 0.6) is 0 Å². The molecule has 0 aliphatic heterocycles. The van der Waals surface area contributed by atoms with Crippen LogP contribution in [-0.2, 0) is 4.79 Å². The Morgan fingerprint density at radius 2 is 2.54 bits per heavy atom. The van der Waals surface area contributed by atoms with Crippen molar-refractivity contribution in [1.29, 1.82) is 0 Å². The smallest absolute Gasteiger partial charge is 0.326 e. The highest BCUT2D eigenvalue weighted by Gasteiger charge is 2.14. The first-order chi connectivity index (χ1) is 6.24. The van der Waals surface area contributed by atoms with Gasteiger partial charge in [-0.1, -0.05) is 0 Å². The molecule has 1 aromatic rings. The SMILES string of the molecule is O=C(O)[C@H](CS)Nc1cccnc1. The fourth-order valence-electron chi connectivity index (χ4n) is 0.835. The molecule has 0 fully saturated rings. The predicted octanol–water partition coefficient (Wildman–Crippen LogP) is 0.876. The van der Waals surface area contributed by atoms with Crippen LogP contribution in [0.2, 0.25) is 0 Å². The highest BCUT2D eigenvalue weighted by Crippen LogP contribution is 2.05. The Kier molecular flexibility index (Phi) is 3.57. The molecule has 0 saturated carbocycles. The van der Waals surface area contributed by atoms with Gasteiger partial charge in [-0.2, -0.15) is 12.6 Å². The summed E-state index contributed by atoms with van der Waals surface area (Å²) in [7, 11) is 0. The van der Waals surface area contributed by atoms with Crippen molar-refractivity contribution in [3.05, 3.63) is 24.5 Å². The summed E-state index contributed by atoms with van der Waals surface area (Å²) in [5.74, 6) is -0.677. The third-order valence-corrected chi connectivity index (χ3v) is 1.85. The van der Waals surface area contributed by atoms with Crippen LogP contribution < -0.4 is 5.32 Å². The molecule has 0 aromatic carbocycles. The molecule has 1 aromatic heterocycles. The molecule has 0 aliphatic carbocycles. The van der Waals surface area contributed by atoms with Crippen LogP contribution in [0.3, 0.4) is 0 Å². The van der Waals surface area contributed by atoms with E-state index in [4.69, 9.17) is 5.11 Å². The average molecular weight is 198 g/mol. The van der Waals surface area contributed by atoms with Gasteiger partial charge in [0.05, 0.1) is 5.69 Å². The fraction of sp³-hybridized carbons (Fsp3) is 0.250. The van der Waals surface area contributed by atoms with E-state index in [9.17, 15) is 4.79 Å². The van der Waals surface area contributed by atoms with E-state index in [1.165, 1.54) is 0 Å². The molecule has 0 amide bonds. The molecule has 0 bridgehead atoms. The number of rotatable bonds is 4. The molecular formula is C8H10N2O2S. The first-order valence-corrected chi connectivity index (χ1v) is 4.37. The highest BCUT2D eigenvalue weighted by molar-refractivity contribution is 7.80. The van der Waals surface area contributed by atoms with E-state index in [0.717, 1.165) is 0 Å². The van der Waals surface area contributed by atoms with Gasteiger partial charge in [0, 0.05) is 18.1 Å².